The average molecular weight is 377 g/mol. The Hall–Kier alpha value is -0.833. The van der Waals surface area contributed by atoms with Crippen molar-refractivity contribution in [3.63, 3.8) is 0 Å². The number of fused-ring (bicyclic) bond motifs is 1. The van der Waals surface area contributed by atoms with Gasteiger partial charge in [-0.25, -0.2) is 4.79 Å². The van der Waals surface area contributed by atoms with Gasteiger partial charge in [-0.05, 0) is 87.8 Å². The van der Waals surface area contributed by atoms with Crippen LogP contribution in [0, 0.1) is 22.7 Å². The summed E-state index contributed by atoms with van der Waals surface area (Å²) in [4.78, 5) is 12.1. The second kappa shape index (κ2) is 7.65. The van der Waals surface area contributed by atoms with E-state index in [0.717, 1.165) is 24.3 Å². The molecular weight excluding hydrogens is 336 g/mol. The highest BCUT2D eigenvalue weighted by Gasteiger charge is 2.52. The smallest absolute Gasteiger partial charge is 0.317 e. The van der Waals surface area contributed by atoms with Crippen LogP contribution in [0.1, 0.15) is 72.6 Å². The van der Waals surface area contributed by atoms with Gasteiger partial charge in [0.2, 0.25) is 8.32 Å². The highest BCUT2D eigenvalue weighted by Crippen LogP contribution is 2.61. The van der Waals surface area contributed by atoms with Crippen molar-refractivity contribution < 1.29 is 9.22 Å². The Morgan fingerprint density at radius 2 is 1.92 bits per heavy atom. The SMILES string of the molecule is C=C1CCC2C(C)(C)CCC[C@@]2(C)C1CC/C(C)=C\C(=O)O[Si](C)(C)C. The van der Waals surface area contributed by atoms with E-state index in [0.29, 0.717) is 16.7 Å². The van der Waals surface area contributed by atoms with Crippen LogP contribution in [-0.2, 0) is 9.22 Å². The maximum Gasteiger partial charge on any atom is 0.317 e. The van der Waals surface area contributed by atoms with Crippen LogP contribution >= 0.6 is 0 Å². The molecule has 2 unspecified atom stereocenters. The van der Waals surface area contributed by atoms with Gasteiger partial charge in [-0.1, -0.05) is 44.9 Å². The van der Waals surface area contributed by atoms with Gasteiger partial charge in [0.15, 0.2) is 0 Å². The largest absolute Gasteiger partial charge is 0.517 e. The topological polar surface area (TPSA) is 26.3 Å². The van der Waals surface area contributed by atoms with E-state index in [1.54, 1.807) is 6.08 Å². The molecule has 26 heavy (non-hydrogen) atoms. The third-order valence-corrected chi connectivity index (χ3v) is 7.73. The molecule has 0 amide bonds. The number of hydrogen-bond acceptors (Lipinski definition) is 2. The molecule has 0 bridgehead atoms. The molecule has 148 valence electrons. The molecule has 2 aliphatic rings. The van der Waals surface area contributed by atoms with Crippen molar-refractivity contribution >= 4 is 14.3 Å². The fraction of sp³-hybridized carbons (Fsp3) is 0.783. The van der Waals surface area contributed by atoms with E-state index in [2.05, 4.69) is 34.3 Å². The second-order valence-corrected chi connectivity index (χ2v) is 15.1. The summed E-state index contributed by atoms with van der Waals surface area (Å²) >= 11 is 0. The number of rotatable bonds is 5. The lowest BCUT2D eigenvalue weighted by Crippen LogP contribution is -2.49. The van der Waals surface area contributed by atoms with Crippen LogP contribution < -0.4 is 0 Å². The Balaban J connectivity index is 2.07. The minimum atomic E-state index is -1.81. The summed E-state index contributed by atoms with van der Waals surface area (Å²) in [5.41, 5.74) is 3.40. The lowest BCUT2D eigenvalue weighted by Gasteiger charge is -2.58. The zero-order valence-corrected chi connectivity index (χ0v) is 19.2. The molecule has 0 saturated heterocycles. The first-order valence-corrected chi connectivity index (χ1v) is 13.8. The molecule has 2 aliphatic carbocycles. The summed E-state index contributed by atoms with van der Waals surface area (Å²) in [7, 11) is -1.81. The van der Waals surface area contributed by atoms with Gasteiger partial charge in [-0.15, -0.1) is 0 Å². The van der Waals surface area contributed by atoms with Gasteiger partial charge in [0.25, 0.3) is 0 Å². The first kappa shape index (κ1) is 21.5. The first-order valence-electron chi connectivity index (χ1n) is 10.4. The molecule has 2 saturated carbocycles. The lowest BCUT2D eigenvalue weighted by molar-refractivity contribution is -0.129. The molecule has 2 nitrogen and oxygen atoms in total. The molecule has 0 aliphatic heterocycles. The maximum atomic E-state index is 12.1. The number of hydrogen-bond donors (Lipinski definition) is 0. The van der Waals surface area contributed by atoms with Crippen molar-refractivity contribution in [2.24, 2.45) is 22.7 Å². The van der Waals surface area contributed by atoms with E-state index in [9.17, 15) is 4.79 Å². The molecule has 3 atom stereocenters. The van der Waals surface area contributed by atoms with E-state index >= 15 is 0 Å². The summed E-state index contributed by atoms with van der Waals surface area (Å²) in [5, 5.41) is 0. The third-order valence-electron chi connectivity index (χ3n) is 6.92. The molecule has 3 heteroatoms. The lowest BCUT2D eigenvalue weighted by atomic mass is 9.47. The van der Waals surface area contributed by atoms with Crippen LogP contribution in [0.2, 0.25) is 19.6 Å². The molecule has 0 aromatic heterocycles. The summed E-state index contributed by atoms with van der Waals surface area (Å²) in [6.07, 6.45) is 10.3. The van der Waals surface area contributed by atoms with Crippen molar-refractivity contribution in [1.29, 1.82) is 0 Å². The van der Waals surface area contributed by atoms with Gasteiger partial charge in [0.1, 0.15) is 0 Å². The van der Waals surface area contributed by atoms with Gasteiger partial charge >= 0.3 is 5.97 Å². The monoisotopic (exact) mass is 376 g/mol. The number of carbonyl (C=O) groups is 1. The second-order valence-electron chi connectivity index (χ2n) is 10.7. The van der Waals surface area contributed by atoms with Crippen molar-refractivity contribution in [3.8, 4) is 0 Å². The normalized spacial score (nSPS) is 32.1. The summed E-state index contributed by atoms with van der Waals surface area (Å²) in [5.74, 6) is 1.21. The molecular formula is C23H40O2Si. The van der Waals surface area contributed by atoms with E-state index < -0.39 is 8.32 Å². The van der Waals surface area contributed by atoms with Crippen LogP contribution in [0.5, 0.6) is 0 Å². The molecule has 0 N–H and O–H groups in total. The number of allylic oxidation sites excluding steroid dienone is 2. The Bertz CT molecular complexity index is 582. The third kappa shape index (κ3) is 4.91. The number of carbonyl (C=O) groups excluding carboxylic acids is 1. The van der Waals surface area contributed by atoms with Crippen LogP contribution in [0.4, 0.5) is 0 Å². The quantitative estimate of drug-likeness (QED) is 0.297. The van der Waals surface area contributed by atoms with Gasteiger partial charge < -0.3 is 4.43 Å². The van der Waals surface area contributed by atoms with E-state index in [1.807, 2.05) is 19.6 Å². The Kier molecular flexibility index (Phi) is 6.32. The Morgan fingerprint density at radius 1 is 1.27 bits per heavy atom. The van der Waals surface area contributed by atoms with Crippen molar-refractivity contribution in [3.05, 3.63) is 23.8 Å². The van der Waals surface area contributed by atoms with E-state index in [4.69, 9.17) is 4.43 Å². The highest BCUT2D eigenvalue weighted by molar-refractivity contribution is 6.71. The van der Waals surface area contributed by atoms with Crippen molar-refractivity contribution in [1.82, 2.24) is 0 Å². The zero-order chi connectivity index (χ0) is 19.8. The fourth-order valence-corrected chi connectivity index (χ4v) is 6.45. The van der Waals surface area contributed by atoms with Gasteiger partial charge in [0, 0.05) is 6.08 Å². The molecule has 0 heterocycles. The van der Waals surface area contributed by atoms with Crippen LogP contribution in [0.15, 0.2) is 23.8 Å². The summed E-state index contributed by atoms with van der Waals surface area (Å²) < 4.78 is 5.56. The molecule has 2 rings (SSSR count). The Morgan fingerprint density at radius 3 is 2.54 bits per heavy atom. The van der Waals surface area contributed by atoms with E-state index in [1.165, 1.54) is 37.7 Å². The predicted molar refractivity (Wildman–Crippen MR) is 114 cm³/mol. The van der Waals surface area contributed by atoms with Crippen LogP contribution in [-0.4, -0.2) is 14.3 Å². The van der Waals surface area contributed by atoms with E-state index in [-0.39, 0.29) is 5.97 Å². The standard InChI is InChI=1S/C23H40O2Si/c1-17(16-21(24)25-26(6,7)8)10-12-19-18(2)11-13-20-22(3,4)14-9-15-23(19,20)5/h16,19-20H,2,9-15H2,1,3-8H3/b17-16-/t19?,20?,23-/m0/s1. The predicted octanol–water partition coefficient (Wildman–Crippen LogP) is 6.89. The van der Waals surface area contributed by atoms with Crippen LogP contribution in [0.25, 0.3) is 0 Å². The minimum Gasteiger partial charge on any atom is -0.517 e. The zero-order valence-electron chi connectivity index (χ0n) is 18.2. The molecule has 2 fully saturated rings. The van der Waals surface area contributed by atoms with Gasteiger partial charge in [-0.3, -0.25) is 0 Å². The maximum absolute atomic E-state index is 12.1. The summed E-state index contributed by atoms with van der Waals surface area (Å²) in [6, 6.07) is 0. The minimum absolute atomic E-state index is 0.160. The fourth-order valence-electron chi connectivity index (χ4n) is 5.78. The van der Waals surface area contributed by atoms with Crippen molar-refractivity contribution in [2.45, 2.75) is 92.3 Å². The first-order chi connectivity index (χ1) is 11.8. The average Bonchev–Trinajstić information content (AvgIpc) is 2.43. The molecule has 0 aromatic rings. The molecule has 0 spiro atoms. The molecule has 0 aromatic carbocycles. The van der Waals surface area contributed by atoms with Crippen molar-refractivity contribution in [2.75, 3.05) is 0 Å². The van der Waals surface area contributed by atoms with Gasteiger partial charge in [-0.2, -0.15) is 0 Å². The van der Waals surface area contributed by atoms with Gasteiger partial charge in [0.05, 0.1) is 0 Å². The van der Waals surface area contributed by atoms with Crippen LogP contribution in [0.3, 0.4) is 0 Å². The Labute approximate surface area is 162 Å². The summed E-state index contributed by atoms with van der Waals surface area (Å²) in [6.45, 7) is 20.1. The highest BCUT2D eigenvalue weighted by atomic mass is 28.4. The molecule has 0 radical (unpaired) electrons.